The molecule has 18 heavy (non-hydrogen) atoms. The second-order valence-corrected chi connectivity index (χ2v) is 6.67. The summed E-state index contributed by atoms with van der Waals surface area (Å²) in [7, 11) is 0. The van der Waals surface area contributed by atoms with Crippen molar-refractivity contribution in [2.45, 2.75) is 57.6 Å². The lowest BCUT2D eigenvalue weighted by Crippen LogP contribution is -2.30. The first kappa shape index (κ1) is 15.0. The minimum atomic E-state index is -0.839. The van der Waals surface area contributed by atoms with E-state index in [9.17, 15) is 14.4 Å². The largest absolute Gasteiger partial charge is 0.341 e. The zero-order chi connectivity index (χ0) is 13.8. The van der Waals surface area contributed by atoms with Crippen LogP contribution in [0, 0.1) is 0 Å². The van der Waals surface area contributed by atoms with E-state index < -0.39 is 17.8 Å². The van der Waals surface area contributed by atoms with Crippen LogP contribution in [0.2, 0.25) is 0 Å². The van der Waals surface area contributed by atoms with Crippen molar-refractivity contribution < 1.29 is 14.4 Å². The van der Waals surface area contributed by atoms with Crippen LogP contribution in [0.1, 0.15) is 52.9 Å². The number of imide groups is 2. The van der Waals surface area contributed by atoms with Gasteiger partial charge in [-0.2, -0.15) is 4.31 Å². The van der Waals surface area contributed by atoms with Gasteiger partial charge in [0.15, 0.2) is 0 Å². The van der Waals surface area contributed by atoms with Crippen LogP contribution < -0.4 is 5.32 Å². The average molecular weight is 272 g/mol. The molecule has 1 fully saturated rings. The van der Waals surface area contributed by atoms with Crippen molar-refractivity contribution in [1.29, 1.82) is 0 Å². The van der Waals surface area contributed by atoms with Crippen LogP contribution in [-0.4, -0.2) is 26.9 Å². The number of urea groups is 1. The molecule has 4 amide bonds. The van der Waals surface area contributed by atoms with E-state index in [1.807, 2.05) is 19.2 Å². The summed E-state index contributed by atoms with van der Waals surface area (Å²) in [5.41, 5.74) is 0. The first-order valence-electron chi connectivity index (χ1n) is 6.26. The van der Waals surface area contributed by atoms with Crippen molar-refractivity contribution in [3.63, 3.8) is 0 Å². The van der Waals surface area contributed by atoms with Crippen molar-refractivity contribution in [2.75, 3.05) is 0 Å². The highest BCUT2D eigenvalue weighted by atomic mass is 32.2. The molecule has 0 radical (unpaired) electrons. The van der Waals surface area contributed by atoms with Crippen LogP contribution in [0.3, 0.4) is 0 Å². The molecule has 0 aromatic carbocycles. The Morgan fingerprint density at radius 3 is 2.33 bits per heavy atom. The van der Waals surface area contributed by atoms with E-state index in [2.05, 4.69) is 6.92 Å². The first-order valence-corrected chi connectivity index (χ1v) is 7.03. The van der Waals surface area contributed by atoms with Gasteiger partial charge in [-0.05, 0) is 32.2 Å². The SMILES string of the molecule is CCCCCCC(C)(C)SN1C(=O)NC(=O)C1=O. The molecule has 1 saturated heterocycles. The van der Waals surface area contributed by atoms with E-state index in [4.69, 9.17) is 0 Å². The number of nitrogens with one attached hydrogen (secondary N) is 1. The van der Waals surface area contributed by atoms with Crippen LogP contribution >= 0.6 is 11.9 Å². The maximum Gasteiger partial charge on any atom is 0.341 e. The van der Waals surface area contributed by atoms with Crippen LogP contribution in [0.5, 0.6) is 0 Å². The molecule has 0 aliphatic carbocycles. The minimum absolute atomic E-state index is 0.231. The minimum Gasteiger partial charge on any atom is -0.268 e. The summed E-state index contributed by atoms with van der Waals surface area (Å²) >= 11 is 1.14. The highest BCUT2D eigenvalue weighted by Gasteiger charge is 2.40. The molecule has 1 rings (SSSR count). The maximum atomic E-state index is 11.4. The molecule has 0 aromatic rings. The molecule has 1 aliphatic rings. The van der Waals surface area contributed by atoms with E-state index in [0.29, 0.717) is 0 Å². The molecular weight excluding hydrogens is 252 g/mol. The molecule has 1 N–H and O–H groups in total. The molecule has 0 unspecified atom stereocenters. The first-order chi connectivity index (χ1) is 8.37. The number of rotatable bonds is 7. The Morgan fingerprint density at radius 2 is 1.83 bits per heavy atom. The van der Waals surface area contributed by atoms with E-state index in [1.54, 1.807) is 0 Å². The smallest absolute Gasteiger partial charge is 0.268 e. The van der Waals surface area contributed by atoms with Gasteiger partial charge in [-0.3, -0.25) is 14.9 Å². The molecule has 0 saturated carbocycles. The molecule has 1 heterocycles. The molecule has 102 valence electrons. The van der Waals surface area contributed by atoms with Gasteiger partial charge in [0.1, 0.15) is 0 Å². The molecule has 0 bridgehead atoms. The molecule has 6 heteroatoms. The number of hydrogen-bond acceptors (Lipinski definition) is 4. The summed E-state index contributed by atoms with van der Waals surface area (Å²) < 4.78 is 0.702. The number of nitrogens with zero attached hydrogens (tertiary/aromatic N) is 1. The number of hydrogen-bond donors (Lipinski definition) is 1. The van der Waals surface area contributed by atoms with Crippen molar-refractivity contribution in [3.8, 4) is 0 Å². The van der Waals surface area contributed by atoms with Gasteiger partial charge in [0.2, 0.25) is 0 Å². The van der Waals surface area contributed by atoms with E-state index >= 15 is 0 Å². The van der Waals surface area contributed by atoms with E-state index in [1.165, 1.54) is 12.8 Å². The van der Waals surface area contributed by atoms with Gasteiger partial charge in [-0.15, -0.1) is 0 Å². The normalized spacial score (nSPS) is 16.4. The van der Waals surface area contributed by atoms with Gasteiger partial charge in [0.05, 0.1) is 0 Å². The summed E-state index contributed by atoms with van der Waals surface area (Å²) in [6.45, 7) is 6.11. The highest BCUT2D eigenvalue weighted by molar-refractivity contribution is 7.99. The predicted molar refractivity (Wildman–Crippen MR) is 70.8 cm³/mol. The number of carbonyl (C=O) groups is 3. The van der Waals surface area contributed by atoms with Gasteiger partial charge in [-0.25, -0.2) is 4.79 Å². The van der Waals surface area contributed by atoms with Crippen LogP contribution in [-0.2, 0) is 9.59 Å². The molecule has 1 aliphatic heterocycles. The van der Waals surface area contributed by atoms with Gasteiger partial charge >= 0.3 is 17.8 Å². The van der Waals surface area contributed by atoms with Crippen molar-refractivity contribution in [2.24, 2.45) is 0 Å². The summed E-state index contributed by atoms with van der Waals surface area (Å²) in [5, 5.41) is 1.99. The van der Waals surface area contributed by atoms with E-state index in [0.717, 1.165) is 35.5 Å². The Morgan fingerprint density at radius 1 is 1.17 bits per heavy atom. The topological polar surface area (TPSA) is 66.5 Å². The van der Waals surface area contributed by atoms with Crippen LogP contribution in [0.15, 0.2) is 0 Å². The molecule has 0 aromatic heterocycles. The Bertz CT molecular complexity index is 355. The van der Waals surface area contributed by atoms with Gasteiger partial charge in [0, 0.05) is 4.75 Å². The van der Waals surface area contributed by atoms with Crippen LogP contribution in [0.4, 0.5) is 4.79 Å². The number of carbonyl (C=O) groups excluding carboxylic acids is 3. The Labute approximate surface area is 112 Å². The molecular formula is C12H20N2O3S. The lowest BCUT2D eigenvalue weighted by atomic mass is 10.0. The third kappa shape index (κ3) is 4.01. The van der Waals surface area contributed by atoms with Gasteiger partial charge in [-0.1, -0.05) is 32.6 Å². The zero-order valence-electron chi connectivity index (χ0n) is 11.1. The summed E-state index contributed by atoms with van der Waals surface area (Å²) in [6, 6.07) is -0.628. The lowest BCUT2D eigenvalue weighted by molar-refractivity contribution is -0.138. The van der Waals surface area contributed by atoms with Gasteiger partial charge in [0.25, 0.3) is 0 Å². The third-order valence-corrected chi connectivity index (χ3v) is 3.97. The van der Waals surface area contributed by atoms with Crippen molar-refractivity contribution in [3.05, 3.63) is 0 Å². The molecule has 0 spiro atoms. The summed E-state index contributed by atoms with van der Waals surface area (Å²) in [6.07, 6.45) is 5.49. The fourth-order valence-electron chi connectivity index (χ4n) is 1.74. The summed E-state index contributed by atoms with van der Waals surface area (Å²) in [4.78, 5) is 33.9. The Hall–Kier alpha value is -1.04. The quantitative estimate of drug-likeness (QED) is 0.334. The second kappa shape index (κ2) is 6.22. The molecule has 5 nitrogen and oxygen atoms in total. The predicted octanol–water partition coefficient (Wildman–Crippen LogP) is 2.46. The van der Waals surface area contributed by atoms with Crippen molar-refractivity contribution in [1.82, 2.24) is 9.62 Å². The lowest BCUT2D eigenvalue weighted by Gasteiger charge is -2.26. The summed E-state index contributed by atoms with van der Waals surface area (Å²) in [5.74, 6) is -1.61. The highest BCUT2D eigenvalue weighted by Crippen LogP contribution is 2.34. The molecule has 0 atom stereocenters. The number of amides is 4. The monoisotopic (exact) mass is 272 g/mol. The van der Waals surface area contributed by atoms with E-state index in [-0.39, 0.29) is 4.75 Å². The Kier molecular flexibility index (Phi) is 5.19. The van der Waals surface area contributed by atoms with Gasteiger partial charge < -0.3 is 0 Å². The zero-order valence-corrected chi connectivity index (χ0v) is 11.9. The third-order valence-electron chi connectivity index (χ3n) is 2.75. The van der Waals surface area contributed by atoms with Crippen molar-refractivity contribution >= 4 is 29.8 Å². The fourth-order valence-corrected chi connectivity index (χ4v) is 2.76. The standard InChI is InChI=1S/C12H20N2O3S/c1-4-5-6-7-8-12(2,3)18-14-10(16)9(15)13-11(14)17/h4-8H2,1-3H3,(H,13,15,17). The fraction of sp³-hybridized carbons (Fsp3) is 0.750. The number of unbranched alkanes of at least 4 members (excludes halogenated alkanes) is 3. The Balaban J connectivity index is 2.47. The second-order valence-electron chi connectivity index (χ2n) is 5.02. The average Bonchev–Trinajstić information content (AvgIpc) is 2.51. The van der Waals surface area contributed by atoms with Crippen LogP contribution in [0.25, 0.3) is 0 Å². The maximum absolute atomic E-state index is 11.4.